The zero-order chi connectivity index (χ0) is 15.2. The molecule has 1 rings (SSSR count). The number of nitrogens with one attached hydrogen (secondary N) is 2. The van der Waals surface area contributed by atoms with E-state index in [4.69, 9.17) is 5.84 Å². The van der Waals surface area contributed by atoms with Crippen LogP contribution in [0.2, 0.25) is 0 Å². The number of alkyl halides is 3. The Morgan fingerprint density at radius 1 is 1.40 bits per heavy atom. The number of anilines is 2. The molecule has 20 heavy (non-hydrogen) atoms. The van der Waals surface area contributed by atoms with E-state index < -0.39 is 18.0 Å². The van der Waals surface area contributed by atoms with Crippen molar-refractivity contribution in [3.05, 3.63) is 11.9 Å². The minimum Gasteiger partial charge on any atom is -0.466 e. The van der Waals surface area contributed by atoms with Crippen LogP contribution in [-0.4, -0.2) is 29.1 Å². The van der Waals surface area contributed by atoms with Crippen molar-refractivity contribution in [2.45, 2.75) is 19.5 Å². The van der Waals surface area contributed by atoms with Gasteiger partial charge in [0.15, 0.2) is 0 Å². The molecule has 0 saturated heterocycles. The third-order valence-electron chi connectivity index (χ3n) is 2.07. The standard InChI is InChI=1S/C10H14F3N5O2/c1-2-20-8(19)3-4-15-6-5-7(18-14)17-9(16-6)10(11,12)13/h5H,2-4,14H2,1H3,(H2,15,16,17,18). The lowest BCUT2D eigenvalue weighted by Crippen LogP contribution is -2.18. The summed E-state index contributed by atoms with van der Waals surface area (Å²) in [6.07, 6.45) is -4.69. The molecule has 0 radical (unpaired) electrons. The maximum Gasteiger partial charge on any atom is 0.451 e. The van der Waals surface area contributed by atoms with Crippen molar-refractivity contribution in [2.75, 3.05) is 23.9 Å². The fourth-order valence-electron chi connectivity index (χ4n) is 1.26. The molecule has 0 aromatic carbocycles. The molecule has 0 amide bonds. The van der Waals surface area contributed by atoms with Gasteiger partial charge in [-0.05, 0) is 6.92 Å². The van der Waals surface area contributed by atoms with Gasteiger partial charge in [0.05, 0.1) is 13.0 Å². The van der Waals surface area contributed by atoms with Gasteiger partial charge in [0.25, 0.3) is 0 Å². The predicted octanol–water partition coefficient (Wildman–Crippen LogP) is 1.15. The Kier molecular flexibility index (Phi) is 5.50. The monoisotopic (exact) mass is 293 g/mol. The average molecular weight is 293 g/mol. The molecule has 0 spiro atoms. The van der Waals surface area contributed by atoms with Crippen LogP contribution in [0.25, 0.3) is 0 Å². The summed E-state index contributed by atoms with van der Waals surface area (Å²) in [5.74, 6) is 2.97. The van der Waals surface area contributed by atoms with E-state index in [1.165, 1.54) is 6.07 Å². The molecule has 0 aliphatic carbocycles. The Morgan fingerprint density at radius 2 is 2.05 bits per heavy atom. The second-order valence-corrected chi connectivity index (χ2v) is 3.59. The molecule has 0 unspecified atom stereocenters. The number of halogens is 3. The largest absolute Gasteiger partial charge is 0.466 e. The first-order chi connectivity index (χ1) is 9.36. The number of esters is 1. The number of carbonyl (C=O) groups excluding carboxylic acids is 1. The molecular weight excluding hydrogens is 279 g/mol. The second kappa shape index (κ2) is 6.89. The highest BCUT2D eigenvalue weighted by Crippen LogP contribution is 2.28. The van der Waals surface area contributed by atoms with Crippen LogP contribution < -0.4 is 16.6 Å². The van der Waals surface area contributed by atoms with E-state index in [1.807, 2.05) is 5.43 Å². The normalized spacial score (nSPS) is 11.1. The number of aromatic nitrogens is 2. The fourth-order valence-corrected chi connectivity index (χ4v) is 1.26. The Bertz CT molecular complexity index is 467. The van der Waals surface area contributed by atoms with Gasteiger partial charge in [-0.1, -0.05) is 0 Å². The van der Waals surface area contributed by atoms with Crippen LogP contribution >= 0.6 is 0 Å². The molecule has 10 heteroatoms. The van der Waals surface area contributed by atoms with E-state index >= 15 is 0 Å². The van der Waals surface area contributed by atoms with Gasteiger partial charge < -0.3 is 15.5 Å². The summed E-state index contributed by atoms with van der Waals surface area (Å²) in [7, 11) is 0. The van der Waals surface area contributed by atoms with Crippen LogP contribution in [0.15, 0.2) is 6.07 Å². The van der Waals surface area contributed by atoms with Crippen molar-refractivity contribution >= 4 is 17.6 Å². The molecule has 1 heterocycles. The highest BCUT2D eigenvalue weighted by atomic mass is 19.4. The van der Waals surface area contributed by atoms with E-state index in [-0.39, 0.29) is 31.2 Å². The third kappa shape index (κ3) is 4.88. The van der Waals surface area contributed by atoms with Crippen LogP contribution in [0.4, 0.5) is 24.8 Å². The van der Waals surface area contributed by atoms with Crippen molar-refractivity contribution in [3.8, 4) is 0 Å². The second-order valence-electron chi connectivity index (χ2n) is 3.59. The summed E-state index contributed by atoms with van der Waals surface area (Å²) >= 11 is 0. The molecule has 0 aliphatic rings. The van der Waals surface area contributed by atoms with E-state index in [1.54, 1.807) is 6.92 Å². The SMILES string of the molecule is CCOC(=O)CCNc1cc(NN)nc(C(F)(F)F)n1. The van der Waals surface area contributed by atoms with Crippen LogP contribution in [0, 0.1) is 0 Å². The number of hydrogen-bond acceptors (Lipinski definition) is 7. The topological polar surface area (TPSA) is 102 Å². The molecular formula is C10H14F3N5O2. The maximum absolute atomic E-state index is 12.5. The van der Waals surface area contributed by atoms with Gasteiger partial charge in [-0.3, -0.25) is 4.79 Å². The summed E-state index contributed by atoms with van der Waals surface area (Å²) in [6, 6.07) is 1.19. The van der Waals surface area contributed by atoms with Crippen molar-refractivity contribution < 1.29 is 22.7 Å². The summed E-state index contributed by atoms with van der Waals surface area (Å²) in [6.45, 7) is 1.98. The van der Waals surface area contributed by atoms with Crippen molar-refractivity contribution in [1.82, 2.24) is 9.97 Å². The molecule has 112 valence electrons. The van der Waals surface area contributed by atoms with E-state index in [9.17, 15) is 18.0 Å². The lowest BCUT2D eigenvalue weighted by atomic mass is 10.4. The predicted molar refractivity (Wildman–Crippen MR) is 64.6 cm³/mol. The van der Waals surface area contributed by atoms with Gasteiger partial charge in [-0.15, -0.1) is 0 Å². The Hall–Kier alpha value is -2.10. The average Bonchev–Trinajstić information content (AvgIpc) is 2.37. The number of nitrogens with zero attached hydrogens (tertiary/aromatic N) is 2. The van der Waals surface area contributed by atoms with Gasteiger partial charge in [-0.25, -0.2) is 15.8 Å². The lowest BCUT2D eigenvalue weighted by molar-refractivity contribution is -0.145. The summed E-state index contributed by atoms with van der Waals surface area (Å²) in [4.78, 5) is 17.6. The zero-order valence-electron chi connectivity index (χ0n) is 10.6. The molecule has 0 atom stereocenters. The van der Waals surface area contributed by atoms with Crippen molar-refractivity contribution in [3.63, 3.8) is 0 Å². The van der Waals surface area contributed by atoms with Crippen LogP contribution in [0.5, 0.6) is 0 Å². The summed E-state index contributed by atoms with van der Waals surface area (Å²) in [5, 5.41) is 2.57. The van der Waals surface area contributed by atoms with E-state index in [2.05, 4.69) is 20.0 Å². The first kappa shape index (κ1) is 16.0. The third-order valence-corrected chi connectivity index (χ3v) is 2.07. The number of nitrogen functional groups attached to an aromatic ring is 1. The fraction of sp³-hybridized carbons (Fsp3) is 0.500. The minimum absolute atomic E-state index is 0.00454. The van der Waals surface area contributed by atoms with Gasteiger partial charge in [0, 0.05) is 12.6 Å². The highest BCUT2D eigenvalue weighted by Gasteiger charge is 2.35. The van der Waals surface area contributed by atoms with Gasteiger partial charge in [0.1, 0.15) is 11.6 Å². The Morgan fingerprint density at radius 3 is 2.60 bits per heavy atom. The molecule has 0 saturated carbocycles. The highest BCUT2D eigenvalue weighted by molar-refractivity contribution is 5.70. The summed E-state index contributed by atoms with van der Waals surface area (Å²) < 4.78 is 42.3. The number of hydrogen-bond donors (Lipinski definition) is 3. The molecule has 4 N–H and O–H groups in total. The van der Waals surface area contributed by atoms with Crippen LogP contribution in [-0.2, 0) is 15.7 Å². The molecule has 1 aromatic heterocycles. The van der Waals surface area contributed by atoms with Gasteiger partial charge in [-0.2, -0.15) is 13.2 Å². The molecule has 1 aromatic rings. The molecule has 7 nitrogen and oxygen atoms in total. The van der Waals surface area contributed by atoms with Crippen molar-refractivity contribution in [2.24, 2.45) is 5.84 Å². The Labute approximate surface area is 112 Å². The molecule has 0 bridgehead atoms. The zero-order valence-corrected chi connectivity index (χ0v) is 10.6. The quantitative estimate of drug-likeness (QED) is 0.410. The number of rotatable bonds is 6. The number of ether oxygens (including phenoxy) is 1. The van der Waals surface area contributed by atoms with Crippen molar-refractivity contribution in [1.29, 1.82) is 0 Å². The minimum atomic E-state index is -4.69. The van der Waals surface area contributed by atoms with Crippen LogP contribution in [0.3, 0.4) is 0 Å². The van der Waals surface area contributed by atoms with Crippen LogP contribution in [0.1, 0.15) is 19.2 Å². The smallest absolute Gasteiger partial charge is 0.451 e. The lowest BCUT2D eigenvalue weighted by Gasteiger charge is -2.11. The number of hydrazine groups is 1. The van der Waals surface area contributed by atoms with Gasteiger partial charge >= 0.3 is 12.1 Å². The van der Waals surface area contributed by atoms with Gasteiger partial charge in [0.2, 0.25) is 5.82 Å². The molecule has 0 fully saturated rings. The number of nitrogens with two attached hydrogens (primary N) is 1. The molecule has 0 aliphatic heterocycles. The van der Waals surface area contributed by atoms with E-state index in [0.717, 1.165) is 0 Å². The Balaban J connectivity index is 2.72. The first-order valence-electron chi connectivity index (χ1n) is 5.69. The maximum atomic E-state index is 12.5. The van der Waals surface area contributed by atoms with E-state index in [0.29, 0.717) is 0 Å². The summed E-state index contributed by atoms with van der Waals surface area (Å²) in [5.41, 5.74) is 2.02. The first-order valence-corrected chi connectivity index (χ1v) is 5.69. The number of carbonyl (C=O) groups is 1.